The van der Waals surface area contributed by atoms with Gasteiger partial charge in [-0.3, -0.25) is 13.8 Å². The highest BCUT2D eigenvalue weighted by atomic mass is 31.2. The number of carbonyl (C=O) groups excluding carboxylic acids is 1. The van der Waals surface area contributed by atoms with E-state index in [1.165, 1.54) is 199 Å². The van der Waals surface area contributed by atoms with E-state index in [1.807, 2.05) is 27.2 Å². The van der Waals surface area contributed by atoms with E-state index in [9.17, 15) is 19.4 Å². The number of nitrogens with zero attached hydrogens (tertiary/aromatic N) is 1. The number of unbranched alkanes of at least 4 members (excludes halogenated alkanes) is 35. The zero-order valence-electron chi connectivity index (χ0n) is 53.8. The second kappa shape index (κ2) is 62.0. The lowest BCUT2D eigenvalue weighted by molar-refractivity contribution is -0.870. The molecular formula is C72H132N2O6P+. The highest BCUT2D eigenvalue weighted by Gasteiger charge is 2.28. The Morgan fingerprint density at radius 2 is 0.741 bits per heavy atom. The van der Waals surface area contributed by atoms with Crippen molar-refractivity contribution < 1.29 is 32.9 Å². The Morgan fingerprint density at radius 1 is 0.432 bits per heavy atom. The standard InChI is InChI=1S/C72H131N2O6P/c1-6-8-10-12-14-16-18-20-22-24-26-28-29-30-31-32-33-34-35-36-37-38-39-40-41-42-43-44-45-46-48-50-52-54-56-58-60-62-64-66-72(76)73-70(69-80-81(77,78)79-68-67-74(3,4)5)71(75)65-63-61-59-57-55-53-51-49-47-27-25-23-21-19-17-15-13-11-9-7-2/h8,10,14,16,20,22,26,28,30-31,33-34,36-37,63,65,70-71,75H,6-7,9,11-13,15,17-19,21,23-25,27,29,32,35,38-62,64,66-69H2,1-5H3,(H-,73,76,77,78)/p+1/b10-8-,16-14-,22-20-,28-26-,31-30-,34-33-,37-36-,65-63+. The number of hydrogen-bond acceptors (Lipinski definition) is 5. The summed E-state index contributed by atoms with van der Waals surface area (Å²) in [7, 11) is 1.58. The third-order valence-electron chi connectivity index (χ3n) is 15.1. The fourth-order valence-corrected chi connectivity index (χ4v) is 10.5. The lowest BCUT2D eigenvalue weighted by Gasteiger charge is -2.25. The summed E-state index contributed by atoms with van der Waals surface area (Å²) in [6.45, 7) is 4.73. The van der Waals surface area contributed by atoms with Gasteiger partial charge in [-0.25, -0.2) is 4.57 Å². The van der Waals surface area contributed by atoms with Crippen LogP contribution in [0.4, 0.5) is 0 Å². The number of allylic oxidation sites excluding steroid dienone is 15. The first-order valence-electron chi connectivity index (χ1n) is 34.1. The highest BCUT2D eigenvalue weighted by Crippen LogP contribution is 2.43. The largest absolute Gasteiger partial charge is 0.472 e. The Kier molecular flexibility index (Phi) is 60.0. The summed E-state index contributed by atoms with van der Waals surface area (Å²) < 4.78 is 23.8. The van der Waals surface area contributed by atoms with E-state index >= 15 is 0 Å². The van der Waals surface area contributed by atoms with Crippen molar-refractivity contribution in [3.8, 4) is 0 Å². The van der Waals surface area contributed by atoms with Gasteiger partial charge < -0.3 is 19.8 Å². The van der Waals surface area contributed by atoms with Gasteiger partial charge in [0, 0.05) is 6.42 Å². The van der Waals surface area contributed by atoms with Gasteiger partial charge in [0.05, 0.1) is 39.9 Å². The summed E-state index contributed by atoms with van der Waals surface area (Å²) in [5, 5.41) is 14.0. The Hall–Kier alpha value is -2.58. The molecule has 0 saturated heterocycles. The van der Waals surface area contributed by atoms with E-state index in [0.29, 0.717) is 17.4 Å². The smallest absolute Gasteiger partial charge is 0.387 e. The minimum atomic E-state index is -4.35. The summed E-state index contributed by atoms with van der Waals surface area (Å²) in [5.74, 6) is -0.175. The quantitative estimate of drug-likeness (QED) is 0.0243. The normalized spacial score (nSPS) is 14.3. The fourth-order valence-electron chi connectivity index (χ4n) is 9.79. The third kappa shape index (κ3) is 64.8. The molecule has 3 unspecified atom stereocenters. The minimum absolute atomic E-state index is 0.0600. The molecule has 0 aliphatic heterocycles. The van der Waals surface area contributed by atoms with Crippen LogP contribution in [0.1, 0.15) is 303 Å². The molecule has 0 aliphatic carbocycles. The first kappa shape index (κ1) is 78.4. The molecule has 3 N–H and O–H groups in total. The van der Waals surface area contributed by atoms with Gasteiger partial charge in [0.2, 0.25) is 5.91 Å². The van der Waals surface area contributed by atoms with Crippen LogP contribution in [-0.4, -0.2) is 73.4 Å². The highest BCUT2D eigenvalue weighted by molar-refractivity contribution is 7.47. The van der Waals surface area contributed by atoms with Gasteiger partial charge in [0.1, 0.15) is 13.2 Å². The molecule has 8 nitrogen and oxygen atoms in total. The van der Waals surface area contributed by atoms with E-state index in [1.54, 1.807) is 6.08 Å². The van der Waals surface area contributed by atoms with Crippen LogP contribution in [0, 0.1) is 0 Å². The number of nitrogens with one attached hydrogen (secondary N) is 1. The molecule has 0 aromatic heterocycles. The van der Waals surface area contributed by atoms with Gasteiger partial charge in [-0.2, -0.15) is 0 Å². The molecule has 0 aromatic carbocycles. The molecule has 0 spiro atoms. The monoisotopic (exact) mass is 1150 g/mol. The van der Waals surface area contributed by atoms with Crippen LogP contribution in [-0.2, 0) is 18.4 Å². The van der Waals surface area contributed by atoms with Crippen molar-refractivity contribution >= 4 is 13.7 Å². The van der Waals surface area contributed by atoms with Gasteiger partial charge >= 0.3 is 7.82 Å². The first-order valence-corrected chi connectivity index (χ1v) is 35.6. The summed E-state index contributed by atoms with van der Waals surface area (Å²) >= 11 is 0. The number of hydrogen-bond donors (Lipinski definition) is 3. The third-order valence-corrected chi connectivity index (χ3v) is 16.0. The van der Waals surface area contributed by atoms with Crippen molar-refractivity contribution in [1.82, 2.24) is 5.32 Å². The SMILES string of the molecule is CC/C=C\C/C=C\C/C=C\C/C=C\C/C=C\C/C=C\C/C=C\CCCCCCCCCCCCCCCCCCCC(=O)NC(COP(=O)(O)OCC[N+](C)(C)C)C(O)/C=C/CCCCCCCCCCCCCCCCCCCC. The molecule has 3 atom stereocenters. The molecule has 0 rings (SSSR count). The maximum atomic E-state index is 13.0. The number of phosphoric ester groups is 1. The van der Waals surface area contributed by atoms with E-state index < -0.39 is 20.0 Å². The van der Waals surface area contributed by atoms with Gasteiger partial charge in [0.15, 0.2) is 0 Å². The molecule has 470 valence electrons. The fraction of sp³-hybridized carbons (Fsp3) is 0.764. The second-order valence-electron chi connectivity index (χ2n) is 24.2. The Labute approximate surface area is 502 Å². The van der Waals surface area contributed by atoms with Gasteiger partial charge in [-0.05, 0) is 77.0 Å². The van der Waals surface area contributed by atoms with Crippen LogP contribution in [0.5, 0.6) is 0 Å². The number of quaternary nitrogens is 1. The van der Waals surface area contributed by atoms with Crippen LogP contribution < -0.4 is 5.32 Å². The summed E-state index contributed by atoms with van der Waals surface area (Å²) in [5.41, 5.74) is 0. The number of aliphatic hydroxyl groups excluding tert-OH is 1. The van der Waals surface area contributed by atoms with Gasteiger partial charge in [0.25, 0.3) is 0 Å². The van der Waals surface area contributed by atoms with Crippen molar-refractivity contribution in [2.45, 2.75) is 315 Å². The molecule has 0 radical (unpaired) electrons. The van der Waals surface area contributed by atoms with Crippen LogP contribution in [0.15, 0.2) is 97.2 Å². The molecule has 0 heterocycles. The topological polar surface area (TPSA) is 105 Å². The number of likely N-dealkylation sites (N-methyl/N-ethyl adjacent to an activating group) is 1. The predicted octanol–water partition coefficient (Wildman–Crippen LogP) is 21.7. The summed E-state index contributed by atoms with van der Waals surface area (Å²) in [6, 6.07) is -0.851. The maximum Gasteiger partial charge on any atom is 0.472 e. The lowest BCUT2D eigenvalue weighted by atomic mass is 10.0. The van der Waals surface area contributed by atoms with Crippen molar-refractivity contribution in [2.24, 2.45) is 0 Å². The maximum absolute atomic E-state index is 13.0. The molecule has 81 heavy (non-hydrogen) atoms. The molecule has 0 saturated carbocycles. The van der Waals surface area contributed by atoms with Crippen molar-refractivity contribution in [3.05, 3.63) is 97.2 Å². The van der Waals surface area contributed by atoms with Gasteiger partial charge in [-0.15, -0.1) is 0 Å². The lowest BCUT2D eigenvalue weighted by Crippen LogP contribution is -2.45. The molecular weight excluding hydrogens is 1020 g/mol. The number of amides is 1. The van der Waals surface area contributed by atoms with Crippen LogP contribution in [0.25, 0.3) is 0 Å². The number of aliphatic hydroxyl groups is 1. The Balaban J connectivity index is 4.03. The van der Waals surface area contributed by atoms with Gasteiger partial charge in [-0.1, -0.05) is 317 Å². The van der Waals surface area contributed by atoms with E-state index in [2.05, 4.69) is 104 Å². The molecule has 9 heteroatoms. The van der Waals surface area contributed by atoms with E-state index in [0.717, 1.165) is 83.5 Å². The van der Waals surface area contributed by atoms with Crippen molar-refractivity contribution in [2.75, 3.05) is 40.9 Å². The van der Waals surface area contributed by atoms with E-state index in [4.69, 9.17) is 9.05 Å². The van der Waals surface area contributed by atoms with Crippen molar-refractivity contribution in [3.63, 3.8) is 0 Å². The molecule has 0 aromatic rings. The molecule has 1 amide bonds. The van der Waals surface area contributed by atoms with Crippen molar-refractivity contribution in [1.29, 1.82) is 0 Å². The zero-order valence-corrected chi connectivity index (χ0v) is 54.6. The zero-order chi connectivity index (χ0) is 59.1. The Bertz CT molecular complexity index is 1640. The van der Waals surface area contributed by atoms with E-state index in [-0.39, 0.29) is 19.1 Å². The predicted molar refractivity (Wildman–Crippen MR) is 355 cm³/mol. The Morgan fingerprint density at radius 3 is 1.09 bits per heavy atom. The van der Waals surface area contributed by atoms with Crippen LogP contribution >= 0.6 is 7.82 Å². The second-order valence-corrected chi connectivity index (χ2v) is 25.6. The average Bonchev–Trinajstić information content (AvgIpc) is 3.43. The molecule has 0 bridgehead atoms. The number of rotatable bonds is 62. The van der Waals surface area contributed by atoms with Crippen LogP contribution in [0.3, 0.4) is 0 Å². The molecule has 0 aliphatic rings. The minimum Gasteiger partial charge on any atom is -0.387 e. The summed E-state index contributed by atoms with van der Waals surface area (Å²) in [4.78, 5) is 23.4. The first-order chi connectivity index (χ1) is 39.5. The number of phosphoric acid groups is 1. The molecule has 0 fully saturated rings. The average molecular weight is 1150 g/mol. The van der Waals surface area contributed by atoms with Crippen LogP contribution in [0.2, 0.25) is 0 Å². The summed E-state index contributed by atoms with van der Waals surface area (Å²) in [6.07, 6.45) is 89.7. The number of carbonyl (C=O) groups is 1.